The molecule has 26 heavy (non-hydrogen) atoms. The van der Waals surface area contributed by atoms with Crippen molar-refractivity contribution in [1.29, 1.82) is 0 Å². The number of ether oxygens (including phenoxy) is 1. The Labute approximate surface area is 156 Å². The van der Waals surface area contributed by atoms with E-state index in [4.69, 9.17) is 4.74 Å². The molecule has 5 nitrogen and oxygen atoms in total. The number of carboxylic acid groups (broad SMARTS) is 1. The number of benzene rings is 1. The molecule has 1 saturated heterocycles. The van der Waals surface area contributed by atoms with Gasteiger partial charge >= 0.3 is 5.97 Å². The van der Waals surface area contributed by atoms with Crippen LogP contribution in [0.25, 0.3) is 0 Å². The normalized spacial score (nSPS) is 16.9. The van der Waals surface area contributed by atoms with Gasteiger partial charge in [-0.25, -0.2) is 0 Å². The van der Waals surface area contributed by atoms with Gasteiger partial charge in [-0.2, -0.15) is 0 Å². The van der Waals surface area contributed by atoms with Gasteiger partial charge in [0, 0.05) is 19.6 Å². The van der Waals surface area contributed by atoms with Gasteiger partial charge in [0.1, 0.15) is 0 Å². The number of rotatable bonds is 7. The van der Waals surface area contributed by atoms with E-state index >= 15 is 0 Å². The summed E-state index contributed by atoms with van der Waals surface area (Å²) in [5.41, 5.74) is 2.05. The van der Waals surface area contributed by atoms with Crippen LogP contribution in [0.15, 0.2) is 24.3 Å². The lowest BCUT2D eigenvalue weighted by molar-refractivity contribution is -0.137. The summed E-state index contributed by atoms with van der Waals surface area (Å²) >= 11 is 0. The molecule has 1 heterocycles. The van der Waals surface area contributed by atoms with E-state index < -0.39 is 12.0 Å². The molecule has 1 unspecified atom stereocenters. The van der Waals surface area contributed by atoms with Gasteiger partial charge in [-0.1, -0.05) is 45.0 Å². The van der Waals surface area contributed by atoms with Crippen LogP contribution in [0.3, 0.4) is 0 Å². The molecule has 0 spiro atoms. The van der Waals surface area contributed by atoms with E-state index in [9.17, 15) is 14.7 Å². The second kappa shape index (κ2) is 9.17. The molecule has 2 N–H and O–H groups in total. The number of hydrogen-bond donors (Lipinski definition) is 2. The summed E-state index contributed by atoms with van der Waals surface area (Å²) in [6.07, 6.45) is 3.15. The number of carboxylic acids is 1. The fraction of sp³-hybridized carbons (Fsp3) is 0.619. The highest BCUT2D eigenvalue weighted by Gasteiger charge is 2.21. The minimum atomic E-state index is -0.917. The average Bonchev–Trinajstić information content (AvgIpc) is 2.59. The Morgan fingerprint density at radius 2 is 1.81 bits per heavy atom. The molecule has 1 aromatic rings. The summed E-state index contributed by atoms with van der Waals surface area (Å²) in [6, 6.07) is 7.38. The first kappa shape index (κ1) is 20.4. The number of aliphatic carboxylic acids is 1. The summed E-state index contributed by atoms with van der Waals surface area (Å²) < 4.78 is 5.34. The van der Waals surface area contributed by atoms with Gasteiger partial charge in [0.15, 0.2) is 0 Å². The molecule has 1 aliphatic heterocycles. The lowest BCUT2D eigenvalue weighted by Crippen LogP contribution is -2.30. The van der Waals surface area contributed by atoms with Crippen molar-refractivity contribution in [1.82, 2.24) is 5.32 Å². The largest absolute Gasteiger partial charge is 0.481 e. The van der Waals surface area contributed by atoms with Crippen molar-refractivity contribution in [3.05, 3.63) is 35.4 Å². The smallest absolute Gasteiger partial charge is 0.305 e. The molecule has 0 aromatic heterocycles. The molecule has 1 aliphatic rings. The first-order valence-electron chi connectivity index (χ1n) is 9.45. The van der Waals surface area contributed by atoms with Gasteiger partial charge in [-0.3, -0.25) is 9.59 Å². The Bertz CT molecular complexity index is 597. The number of amides is 1. The first-order valence-corrected chi connectivity index (χ1v) is 9.45. The molecule has 1 fully saturated rings. The average molecular weight is 361 g/mol. The third-order valence-corrected chi connectivity index (χ3v) is 5.01. The summed E-state index contributed by atoms with van der Waals surface area (Å²) in [5, 5.41) is 12.1. The maximum atomic E-state index is 12.3. The van der Waals surface area contributed by atoms with E-state index in [1.165, 1.54) is 5.56 Å². The molecule has 1 atom stereocenters. The fourth-order valence-electron chi connectivity index (χ4n) is 3.28. The Kier molecular flexibility index (Phi) is 7.21. The number of carbonyl (C=O) groups is 2. The molecule has 0 radical (unpaired) electrons. The zero-order valence-corrected chi connectivity index (χ0v) is 16.1. The van der Waals surface area contributed by atoms with Crippen LogP contribution in [0.4, 0.5) is 0 Å². The van der Waals surface area contributed by atoms with Crippen molar-refractivity contribution >= 4 is 11.9 Å². The molecule has 0 bridgehead atoms. The zero-order valence-electron chi connectivity index (χ0n) is 16.1. The van der Waals surface area contributed by atoms with Crippen LogP contribution in [0.5, 0.6) is 0 Å². The van der Waals surface area contributed by atoms with E-state index in [0.29, 0.717) is 12.3 Å². The van der Waals surface area contributed by atoms with Crippen molar-refractivity contribution in [3.63, 3.8) is 0 Å². The fourth-order valence-corrected chi connectivity index (χ4v) is 3.28. The molecule has 144 valence electrons. The standard InChI is InChI=1S/C21H31NO4/c1-21(2,3)17-7-5-16(6-8-17)18(14-20(24)25)22-19(23)9-4-15-10-12-26-13-11-15/h5-8,15,18H,4,9-14H2,1-3H3,(H,22,23)(H,24,25). The topological polar surface area (TPSA) is 75.6 Å². The third-order valence-electron chi connectivity index (χ3n) is 5.01. The molecular formula is C21H31NO4. The van der Waals surface area contributed by atoms with Gasteiger partial charge < -0.3 is 15.2 Å². The number of carbonyl (C=O) groups excluding carboxylic acids is 1. The summed E-state index contributed by atoms with van der Waals surface area (Å²) in [5.74, 6) is -0.472. The van der Waals surface area contributed by atoms with Crippen LogP contribution < -0.4 is 5.32 Å². The predicted octanol–water partition coefficient (Wildman–Crippen LogP) is 3.82. The van der Waals surface area contributed by atoms with Crippen LogP contribution in [-0.2, 0) is 19.7 Å². The molecule has 0 aliphatic carbocycles. The maximum Gasteiger partial charge on any atom is 0.305 e. The monoisotopic (exact) mass is 361 g/mol. The van der Waals surface area contributed by atoms with Crippen molar-refractivity contribution in [2.75, 3.05) is 13.2 Å². The highest BCUT2D eigenvalue weighted by molar-refractivity contribution is 5.77. The molecule has 5 heteroatoms. The molecular weight excluding hydrogens is 330 g/mol. The van der Waals surface area contributed by atoms with E-state index in [-0.39, 0.29) is 17.7 Å². The second-order valence-corrected chi connectivity index (χ2v) is 8.18. The minimum absolute atomic E-state index is 0.0355. The summed E-state index contributed by atoms with van der Waals surface area (Å²) in [7, 11) is 0. The van der Waals surface area contributed by atoms with Crippen molar-refractivity contribution in [3.8, 4) is 0 Å². The third kappa shape index (κ3) is 6.45. The number of nitrogens with one attached hydrogen (secondary N) is 1. The second-order valence-electron chi connectivity index (χ2n) is 8.18. The highest BCUT2D eigenvalue weighted by atomic mass is 16.5. The van der Waals surface area contributed by atoms with Gasteiger partial charge in [0.2, 0.25) is 5.91 Å². The Morgan fingerprint density at radius 1 is 1.19 bits per heavy atom. The maximum absolute atomic E-state index is 12.3. The molecule has 1 amide bonds. The van der Waals surface area contributed by atoms with Crippen LogP contribution in [-0.4, -0.2) is 30.2 Å². The van der Waals surface area contributed by atoms with Crippen LogP contribution in [0.2, 0.25) is 0 Å². The van der Waals surface area contributed by atoms with E-state index in [1.54, 1.807) is 0 Å². The SMILES string of the molecule is CC(C)(C)c1ccc(C(CC(=O)O)NC(=O)CCC2CCOCC2)cc1. The zero-order chi connectivity index (χ0) is 19.2. The summed E-state index contributed by atoms with van der Waals surface area (Å²) in [6.45, 7) is 7.94. The Balaban J connectivity index is 1.97. The minimum Gasteiger partial charge on any atom is -0.481 e. The van der Waals surface area contributed by atoms with Crippen LogP contribution in [0.1, 0.15) is 70.0 Å². The van der Waals surface area contributed by atoms with Crippen molar-refractivity contribution in [2.24, 2.45) is 5.92 Å². The van der Waals surface area contributed by atoms with Gasteiger partial charge in [0.05, 0.1) is 12.5 Å². The van der Waals surface area contributed by atoms with E-state index in [2.05, 4.69) is 26.1 Å². The quantitative estimate of drug-likeness (QED) is 0.774. The van der Waals surface area contributed by atoms with Gasteiger partial charge in [0.25, 0.3) is 0 Å². The first-order chi connectivity index (χ1) is 12.3. The number of hydrogen-bond acceptors (Lipinski definition) is 3. The Hall–Kier alpha value is -1.88. The van der Waals surface area contributed by atoms with Crippen molar-refractivity contribution < 1.29 is 19.4 Å². The van der Waals surface area contributed by atoms with Crippen LogP contribution >= 0.6 is 0 Å². The highest BCUT2D eigenvalue weighted by Crippen LogP contribution is 2.25. The molecule has 1 aromatic carbocycles. The lowest BCUT2D eigenvalue weighted by atomic mass is 9.86. The lowest BCUT2D eigenvalue weighted by Gasteiger charge is -2.23. The van der Waals surface area contributed by atoms with E-state index in [1.807, 2.05) is 24.3 Å². The van der Waals surface area contributed by atoms with Crippen molar-refractivity contribution in [2.45, 2.75) is 64.3 Å². The van der Waals surface area contributed by atoms with Gasteiger partial charge in [-0.05, 0) is 41.7 Å². The van der Waals surface area contributed by atoms with Crippen LogP contribution in [0, 0.1) is 5.92 Å². The van der Waals surface area contributed by atoms with E-state index in [0.717, 1.165) is 38.0 Å². The molecule has 2 rings (SSSR count). The predicted molar refractivity (Wildman–Crippen MR) is 101 cm³/mol. The van der Waals surface area contributed by atoms with Gasteiger partial charge in [-0.15, -0.1) is 0 Å². The summed E-state index contributed by atoms with van der Waals surface area (Å²) in [4.78, 5) is 23.6. The molecule has 0 saturated carbocycles. The Morgan fingerprint density at radius 3 is 2.35 bits per heavy atom.